The van der Waals surface area contributed by atoms with Gasteiger partial charge in [0, 0.05) is 15.3 Å². The van der Waals surface area contributed by atoms with Crippen LogP contribution in [0, 0.1) is 0 Å². The summed E-state index contributed by atoms with van der Waals surface area (Å²) in [5.41, 5.74) is 2.89. The molecule has 0 N–H and O–H groups in total. The van der Waals surface area contributed by atoms with Gasteiger partial charge in [0.25, 0.3) is 0 Å². The van der Waals surface area contributed by atoms with Gasteiger partial charge in [-0.1, -0.05) is 27.7 Å². The molecule has 0 aliphatic rings. The van der Waals surface area contributed by atoms with Crippen molar-refractivity contribution in [3.63, 3.8) is 0 Å². The minimum Gasteiger partial charge on any atom is -0.148 e. The number of rotatable bonds is 3. The molecule has 0 aromatic carbocycles. The molecular formula is C14H18S2. The normalized spacial score (nSPS) is 11.6. The minimum atomic E-state index is 0.614. The number of thiophene rings is 2. The predicted molar refractivity (Wildman–Crippen MR) is 75.8 cm³/mol. The van der Waals surface area contributed by atoms with Crippen molar-refractivity contribution in [3.05, 3.63) is 33.3 Å². The lowest BCUT2D eigenvalue weighted by molar-refractivity contribution is 0.873. The predicted octanol–water partition coefficient (Wildman–Crippen LogP) is 5.72. The van der Waals surface area contributed by atoms with Gasteiger partial charge in [0.2, 0.25) is 0 Å². The van der Waals surface area contributed by atoms with E-state index in [1.165, 1.54) is 20.9 Å². The van der Waals surface area contributed by atoms with Gasteiger partial charge in [0.05, 0.1) is 0 Å². The second-order valence-electron chi connectivity index (χ2n) is 4.75. The summed E-state index contributed by atoms with van der Waals surface area (Å²) >= 11 is 3.75. The van der Waals surface area contributed by atoms with Gasteiger partial charge in [0.15, 0.2) is 0 Å². The molecule has 0 atom stereocenters. The highest BCUT2D eigenvalue weighted by Gasteiger charge is 2.12. The van der Waals surface area contributed by atoms with Gasteiger partial charge < -0.3 is 0 Å². The minimum absolute atomic E-state index is 0.614. The molecule has 0 radical (unpaired) electrons. The van der Waals surface area contributed by atoms with Crippen LogP contribution in [0.25, 0.3) is 10.4 Å². The van der Waals surface area contributed by atoms with Gasteiger partial charge in [-0.05, 0) is 40.3 Å². The lowest BCUT2D eigenvalue weighted by Crippen LogP contribution is -1.85. The molecule has 0 fully saturated rings. The topological polar surface area (TPSA) is 0 Å². The molecule has 0 nitrogen and oxygen atoms in total. The van der Waals surface area contributed by atoms with Crippen molar-refractivity contribution in [3.8, 4) is 10.4 Å². The highest BCUT2D eigenvalue weighted by atomic mass is 32.1. The van der Waals surface area contributed by atoms with Crippen LogP contribution in [0.2, 0.25) is 0 Å². The standard InChI is InChI=1S/C14H18S2/c1-9(2)12-5-6-15-14(12)11-7-13(10(3)4)16-8-11/h5-10H,1-4H3. The molecule has 86 valence electrons. The maximum Gasteiger partial charge on any atom is 0.0385 e. The van der Waals surface area contributed by atoms with Crippen LogP contribution in [-0.2, 0) is 0 Å². The fourth-order valence-electron chi connectivity index (χ4n) is 1.78. The largest absolute Gasteiger partial charge is 0.148 e. The SMILES string of the molecule is CC(C)c1cc(-c2sccc2C(C)C)cs1. The zero-order valence-corrected chi connectivity index (χ0v) is 11.9. The van der Waals surface area contributed by atoms with E-state index < -0.39 is 0 Å². The second-order valence-corrected chi connectivity index (χ2v) is 6.61. The molecule has 0 amide bonds. The summed E-state index contributed by atoms with van der Waals surface area (Å²) in [5, 5.41) is 4.50. The molecular weight excluding hydrogens is 232 g/mol. The molecule has 0 spiro atoms. The number of hydrogen-bond donors (Lipinski definition) is 0. The molecule has 0 aliphatic heterocycles. The molecule has 2 aromatic rings. The Morgan fingerprint density at radius 3 is 2.31 bits per heavy atom. The maximum atomic E-state index is 2.35. The third-order valence-corrected chi connectivity index (χ3v) is 4.98. The fraction of sp³-hybridized carbons (Fsp3) is 0.429. The summed E-state index contributed by atoms with van der Waals surface area (Å²) in [6, 6.07) is 4.62. The Morgan fingerprint density at radius 2 is 1.75 bits per heavy atom. The van der Waals surface area contributed by atoms with Crippen LogP contribution in [0.1, 0.15) is 50.0 Å². The summed E-state index contributed by atoms with van der Waals surface area (Å²) in [7, 11) is 0. The van der Waals surface area contributed by atoms with Crippen LogP contribution in [0.15, 0.2) is 22.9 Å². The summed E-state index contributed by atoms with van der Waals surface area (Å²) in [4.78, 5) is 2.94. The first-order valence-corrected chi connectivity index (χ1v) is 7.51. The molecule has 0 bridgehead atoms. The highest BCUT2D eigenvalue weighted by Crippen LogP contribution is 2.37. The summed E-state index contributed by atoms with van der Waals surface area (Å²) < 4.78 is 0. The van der Waals surface area contributed by atoms with Gasteiger partial charge in [-0.25, -0.2) is 0 Å². The first kappa shape index (κ1) is 11.9. The van der Waals surface area contributed by atoms with E-state index in [0.717, 1.165) is 0 Å². The fourth-order valence-corrected chi connectivity index (χ4v) is 3.82. The lowest BCUT2D eigenvalue weighted by atomic mass is 10.0. The second kappa shape index (κ2) is 4.72. The van der Waals surface area contributed by atoms with Crippen molar-refractivity contribution < 1.29 is 0 Å². The summed E-state index contributed by atoms with van der Waals surface area (Å²) in [5.74, 6) is 1.25. The molecule has 16 heavy (non-hydrogen) atoms. The third-order valence-electron chi connectivity index (χ3n) is 2.77. The van der Waals surface area contributed by atoms with E-state index in [-0.39, 0.29) is 0 Å². The molecule has 0 aliphatic carbocycles. The molecule has 2 rings (SSSR count). The van der Waals surface area contributed by atoms with E-state index >= 15 is 0 Å². The van der Waals surface area contributed by atoms with Crippen LogP contribution < -0.4 is 0 Å². The van der Waals surface area contributed by atoms with E-state index in [1.807, 2.05) is 22.7 Å². The van der Waals surface area contributed by atoms with Crippen molar-refractivity contribution >= 4 is 22.7 Å². The molecule has 0 saturated heterocycles. The van der Waals surface area contributed by atoms with Gasteiger partial charge in [-0.15, -0.1) is 22.7 Å². The number of hydrogen-bond acceptors (Lipinski definition) is 2. The van der Waals surface area contributed by atoms with E-state index in [4.69, 9.17) is 0 Å². The lowest BCUT2D eigenvalue weighted by Gasteiger charge is -2.05. The Kier molecular flexibility index (Phi) is 3.50. The molecule has 0 saturated carbocycles. The van der Waals surface area contributed by atoms with Crippen molar-refractivity contribution in [2.75, 3.05) is 0 Å². The molecule has 2 aromatic heterocycles. The van der Waals surface area contributed by atoms with Crippen LogP contribution in [0.4, 0.5) is 0 Å². The molecule has 0 unspecified atom stereocenters. The first-order chi connectivity index (χ1) is 7.59. The van der Waals surface area contributed by atoms with Gasteiger partial charge >= 0.3 is 0 Å². The summed E-state index contributed by atoms with van der Waals surface area (Å²) in [6.07, 6.45) is 0. The average molecular weight is 250 g/mol. The van der Waals surface area contributed by atoms with Crippen molar-refractivity contribution in [1.82, 2.24) is 0 Å². The maximum absolute atomic E-state index is 2.35. The zero-order chi connectivity index (χ0) is 11.7. The smallest absolute Gasteiger partial charge is 0.0385 e. The first-order valence-electron chi connectivity index (χ1n) is 5.75. The Bertz CT molecular complexity index is 461. The van der Waals surface area contributed by atoms with E-state index in [1.54, 1.807) is 0 Å². The third kappa shape index (κ3) is 2.23. The van der Waals surface area contributed by atoms with Crippen LogP contribution in [0.5, 0.6) is 0 Å². The molecule has 2 heteroatoms. The van der Waals surface area contributed by atoms with Gasteiger partial charge in [-0.3, -0.25) is 0 Å². The average Bonchev–Trinajstić information content (AvgIpc) is 2.86. The Morgan fingerprint density at radius 1 is 1.00 bits per heavy atom. The Hall–Kier alpha value is -0.600. The van der Waals surface area contributed by atoms with Crippen molar-refractivity contribution in [1.29, 1.82) is 0 Å². The van der Waals surface area contributed by atoms with Crippen molar-refractivity contribution in [2.24, 2.45) is 0 Å². The Labute approximate surface area is 106 Å². The van der Waals surface area contributed by atoms with Crippen LogP contribution in [0.3, 0.4) is 0 Å². The zero-order valence-electron chi connectivity index (χ0n) is 10.3. The highest BCUT2D eigenvalue weighted by molar-refractivity contribution is 7.15. The quantitative estimate of drug-likeness (QED) is 0.653. The van der Waals surface area contributed by atoms with Crippen LogP contribution in [-0.4, -0.2) is 0 Å². The molecule has 2 heterocycles. The van der Waals surface area contributed by atoms with Gasteiger partial charge in [-0.2, -0.15) is 0 Å². The van der Waals surface area contributed by atoms with Crippen molar-refractivity contribution in [2.45, 2.75) is 39.5 Å². The van der Waals surface area contributed by atoms with Crippen LogP contribution >= 0.6 is 22.7 Å². The van der Waals surface area contributed by atoms with E-state index in [9.17, 15) is 0 Å². The Balaban J connectivity index is 2.39. The van der Waals surface area contributed by atoms with Gasteiger partial charge in [0.1, 0.15) is 0 Å². The monoisotopic (exact) mass is 250 g/mol. The van der Waals surface area contributed by atoms with E-state index in [0.29, 0.717) is 11.8 Å². The summed E-state index contributed by atoms with van der Waals surface area (Å²) in [6.45, 7) is 9.04. The van der Waals surface area contributed by atoms with E-state index in [2.05, 4.69) is 50.6 Å².